The van der Waals surface area contributed by atoms with E-state index in [9.17, 15) is 14.9 Å². The molecule has 0 bridgehead atoms. The molecule has 0 saturated carbocycles. The predicted molar refractivity (Wildman–Crippen MR) is 92.9 cm³/mol. The molecule has 0 amide bonds. The topological polar surface area (TPSA) is 101 Å². The number of carbonyl (C=O) groups excluding carboxylic acids is 1. The molecule has 1 aromatic heterocycles. The van der Waals surface area contributed by atoms with Crippen molar-refractivity contribution in [3.8, 4) is 17.2 Å². The van der Waals surface area contributed by atoms with Gasteiger partial charge in [0.25, 0.3) is 0 Å². The van der Waals surface area contributed by atoms with Gasteiger partial charge in [-0.25, -0.2) is 4.79 Å². The first-order chi connectivity index (χ1) is 12.6. The molecule has 0 saturated heterocycles. The number of hydrogen-bond donors (Lipinski definition) is 0. The predicted octanol–water partition coefficient (Wildman–Crippen LogP) is 3.38. The molecule has 1 heterocycles. The Hall–Kier alpha value is -3.68. The van der Waals surface area contributed by atoms with E-state index in [-0.39, 0.29) is 34.0 Å². The van der Waals surface area contributed by atoms with Gasteiger partial charge in [-0.05, 0) is 24.3 Å². The summed E-state index contributed by atoms with van der Waals surface area (Å²) in [5, 5.41) is 12.0. The maximum atomic E-state index is 12.8. The SMILES string of the molecule is COc1cccc(OC)c1C(=O)Oc1c([N+](=O)[O-])ccc2cccnc12. The van der Waals surface area contributed by atoms with Gasteiger partial charge in [-0.2, -0.15) is 0 Å². The molecule has 3 aromatic rings. The summed E-state index contributed by atoms with van der Waals surface area (Å²) in [7, 11) is 2.79. The molecule has 8 nitrogen and oxygen atoms in total. The largest absolute Gasteiger partial charge is 0.496 e. The van der Waals surface area contributed by atoms with Gasteiger partial charge in [-0.15, -0.1) is 0 Å². The van der Waals surface area contributed by atoms with E-state index in [1.165, 1.54) is 26.5 Å². The molecule has 0 aliphatic carbocycles. The number of rotatable bonds is 5. The van der Waals surface area contributed by atoms with E-state index in [1.807, 2.05) is 0 Å². The fourth-order valence-corrected chi connectivity index (χ4v) is 2.55. The number of aromatic nitrogens is 1. The Morgan fingerprint density at radius 3 is 2.35 bits per heavy atom. The lowest BCUT2D eigenvalue weighted by molar-refractivity contribution is -0.385. The molecule has 26 heavy (non-hydrogen) atoms. The Morgan fingerprint density at radius 1 is 1.04 bits per heavy atom. The molecule has 0 N–H and O–H groups in total. The summed E-state index contributed by atoms with van der Waals surface area (Å²) < 4.78 is 15.8. The minimum absolute atomic E-state index is 0.0275. The first-order valence-corrected chi connectivity index (χ1v) is 7.52. The Morgan fingerprint density at radius 2 is 1.73 bits per heavy atom. The first kappa shape index (κ1) is 17.2. The van der Waals surface area contributed by atoms with E-state index in [0.717, 1.165) is 0 Å². The number of pyridine rings is 1. The normalized spacial score (nSPS) is 10.4. The molecule has 0 aliphatic rings. The molecule has 0 aliphatic heterocycles. The van der Waals surface area contributed by atoms with Crippen molar-refractivity contribution in [1.82, 2.24) is 4.98 Å². The highest BCUT2D eigenvalue weighted by Crippen LogP contribution is 2.36. The van der Waals surface area contributed by atoms with Crippen LogP contribution in [-0.4, -0.2) is 30.1 Å². The fraction of sp³-hybridized carbons (Fsp3) is 0.111. The van der Waals surface area contributed by atoms with Gasteiger partial charge in [0, 0.05) is 17.6 Å². The third kappa shape index (κ3) is 3.00. The summed E-state index contributed by atoms with van der Waals surface area (Å²) in [5.41, 5.74) is -0.123. The van der Waals surface area contributed by atoms with Gasteiger partial charge in [-0.1, -0.05) is 12.1 Å². The summed E-state index contributed by atoms with van der Waals surface area (Å²) in [4.78, 5) is 27.6. The summed E-state index contributed by atoms with van der Waals surface area (Å²) >= 11 is 0. The van der Waals surface area contributed by atoms with Crippen LogP contribution < -0.4 is 14.2 Å². The second-order valence-corrected chi connectivity index (χ2v) is 5.17. The Balaban J connectivity index is 2.14. The van der Waals surface area contributed by atoms with Crippen LogP contribution in [0.15, 0.2) is 48.7 Å². The van der Waals surface area contributed by atoms with Crippen LogP contribution in [0.5, 0.6) is 17.2 Å². The minimum Gasteiger partial charge on any atom is -0.496 e. The standard InChI is InChI=1S/C18H14N2O6/c1-24-13-6-3-7-14(25-2)15(13)18(21)26-17-12(20(22)23)9-8-11-5-4-10-19-16(11)17/h3-10H,1-2H3. The first-order valence-electron chi connectivity index (χ1n) is 7.52. The lowest BCUT2D eigenvalue weighted by Gasteiger charge is -2.13. The number of carbonyl (C=O) groups is 1. The summed E-state index contributed by atoms with van der Waals surface area (Å²) in [6.45, 7) is 0. The van der Waals surface area contributed by atoms with Crippen molar-refractivity contribution in [2.75, 3.05) is 14.2 Å². The van der Waals surface area contributed by atoms with Crippen LogP contribution in [0.25, 0.3) is 10.9 Å². The van der Waals surface area contributed by atoms with Crippen LogP contribution in [0, 0.1) is 10.1 Å². The van der Waals surface area contributed by atoms with E-state index in [0.29, 0.717) is 5.39 Å². The highest BCUT2D eigenvalue weighted by molar-refractivity contribution is 6.00. The highest BCUT2D eigenvalue weighted by Gasteiger charge is 2.26. The average Bonchev–Trinajstić information content (AvgIpc) is 2.67. The van der Waals surface area contributed by atoms with E-state index in [4.69, 9.17) is 14.2 Å². The zero-order valence-electron chi connectivity index (χ0n) is 14.0. The van der Waals surface area contributed by atoms with Gasteiger partial charge >= 0.3 is 11.7 Å². The average molecular weight is 354 g/mol. The molecule has 3 rings (SSSR count). The quantitative estimate of drug-likeness (QED) is 0.299. The minimum atomic E-state index is -0.847. The van der Waals surface area contributed by atoms with Crippen LogP contribution in [0.3, 0.4) is 0 Å². The number of hydrogen-bond acceptors (Lipinski definition) is 7. The number of ether oxygens (including phenoxy) is 3. The number of esters is 1. The van der Waals surface area contributed by atoms with Crippen molar-refractivity contribution in [2.45, 2.75) is 0 Å². The number of benzene rings is 2. The van der Waals surface area contributed by atoms with Crippen LogP contribution in [0.4, 0.5) is 5.69 Å². The number of nitro benzene ring substituents is 1. The van der Waals surface area contributed by atoms with Gasteiger partial charge < -0.3 is 14.2 Å². The molecule has 0 atom stereocenters. The third-order valence-corrected chi connectivity index (χ3v) is 3.73. The zero-order chi connectivity index (χ0) is 18.7. The number of nitrogens with zero attached hydrogens (tertiary/aromatic N) is 2. The highest BCUT2D eigenvalue weighted by atomic mass is 16.6. The fourth-order valence-electron chi connectivity index (χ4n) is 2.55. The monoisotopic (exact) mass is 354 g/mol. The number of methoxy groups -OCH3 is 2. The zero-order valence-corrected chi connectivity index (χ0v) is 14.0. The third-order valence-electron chi connectivity index (χ3n) is 3.73. The van der Waals surface area contributed by atoms with Crippen molar-refractivity contribution in [3.05, 3.63) is 64.3 Å². The van der Waals surface area contributed by atoms with E-state index < -0.39 is 10.9 Å². The molecular formula is C18H14N2O6. The Labute approximate surface area is 148 Å². The lowest BCUT2D eigenvalue weighted by atomic mass is 10.1. The van der Waals surface area contributed by atoms with E-state index in [2.05, 4.69) is 4.98 Å². The van der Waals surface area contributed by atoms with Gasteiger partial charge in [0.05, 0.1) is 19.1 Å². The Kier molecular flexibility index (Phi) is 4.66. The summed E-state index contributed by atoms with van der Waals surface area (Å²) in [6, 6.07) is 11.0. The van der Waals surface area contributed by atoms with Crippen molar-refractivity contribution < 1.29 is 23.9 Å². The number of nitro groups is 1. The molecule has 0 radical (unpaired) electrons. The lowest BCUT2D eigenvalue weighted by Crippen LogP contribution is -2.13. The second kappa shape index (κ2) is 7.06. The molecule has 0 fully saturated rings. The molecule has 2 aromatic carbocycles. The van der Waals surface area contributed by atoms with Gasteiger partial charge in [-0.3, -0.25) is 15.1 Å². The maximum Gasteiger partial charge on any atom is 0.351 e. The van der Waals surface area contributed by atoms with Crippen LogP contribution in [0.1, 0.15) is 10.4 Å². The van der Waals surface area contributed by atoms with Gasteiger partial charge in [0.2, 0.25) is 5.75 Å². The number of fused-ring (bicyclic) bond motifs is 1. The maximum absolute atomic E-state index is 12.8. The molecule has 0 spiro atoms. The molecule has 0 unspecified atom stereocenters. The van der Waals surface area contributed by atoms with Crippen LogP contribution in [0.2, 0.25) is 0 Å². The summed E-state index contributed by atoms with van der Waals surface area (Å²) in [6.07, 6.45) is 1.47. The molecular weight excluding hydrogens is 340 g/mol. The van der Waals surface area contributed by atoms with E-state index in [1.54, 1.807) is 36.4 Å². The van der Waals surface area contributed by atoms with Gasteiger partial charge in [0.15, 0.2) is 0 Å². The van der Waals surface area contributed by atoms with E-state index >= 15 is 0 Å². The van der Waals surface area contributed by atoms with Crippen LogP contribution in [-0.2, 0) is 0 Å². The smallest absolute Gasteiger partial charge is 0.351 e. The van der Waals surface area contributed by atoms with Crippen molar-refractivity contribution >= 4 is 22.6 Å². The summed E-state index contributed by atoms with van der Waals surface area (Å²) in [5.74, 6) is -0.623. The van der Waals surface area contributed by atoms with Crippen LogP contribution >= 0.6 is 0 Å². The van der Waals surface area contributed by atoms with Gasteiger partial charge in [0.1, 0.15) is 22.6 Å². The van der Waals surface area contributed by atoms with Crippen molar-refractivity contribution in [1.29, 1.82) is 0 Å². The second-order valence-electron chi connectivity index (χ2n) is 5.17. The molecule has 8 heteroatoms. The molecule has 132 valence electrons. The Bertz CT molecular complexity index is 980. The van der Waals surface area contributed by atoms with Crippen molar-refractivity contribution in [3.63, 3.8) is 0 Å². The van der Waals surface area contributed by atoms with Crippen molar-refractivity contribution in [2.24, 2.45) is 0 Å².